The fourth-order valence-corrected chi connectivity index (χ4v) is 1.34. The van der Waals surface area contributed by atoms with Crippen LogP contribution in [0.5, 0.6) is 0 Å². The molecule has 0 aliphatic carbocycles. The first-order valence-electron chi connectivity index (χ1n) is 4.65. The van der Waals surface area contributed by atoms with Gasteiger partial charge in [-0.2, -0.15) is 0 Å². The number of imidazole rings is 1. The molecule has 16 heavy (non-hydrogen) atoms. The first kappa shape index (κ1) is 10.6. The van der Waals surface area contributed by atoms with Gasteiger partial charge < -0.3 is 15.8 Å². The lowest BCUT2D eigenvalue weighted by Crippen LogP contribution is -2.24. The fraction of sp³-hybridized carbons (Fsp3) is 0.375. The summed E-state index contributed by atoms with van der Waals surface area (Å²) in [6.07, 6.45) is -0.814. The molecule has 8 heteroatoms. The summed E-state index contributed by atoms with van der Waals surface area (Å²) in [6.45, 7) is 1.50. The zero-order chi connectivity index (χ0) is 11.9. The van der Waals surface area contributed by atoms with E-state index in [0.717, 1.165) is 0 Å². The van der Waals surface area contributed by atoms with E-state index in [9.17, 15) is 14.7 Å². The average molecular weight is 225 g/mol. The smallest absolute Gasteiger partial charge is 0.327 e. The minimum atomic E-state index is -0.814. The molecular weight excluding hydrogens is 214 g/mol. The molecule has 0 saturated heterocycles. The maximum Gasteiger partial charge on any atom is 0.327 e. The van der Waals surface area contributed by atoms with Gasteiger partial charge in [0.15, 0.2) is 5.65 Å². The van der Waals surface area contributed by atoms with Gasteiger partial charge in [0.05, 0.1) is 12.1 Å². The SMILES string of the molecule is CC(O)C(N)c1nc2[nH]c(=O)[nH]c(=O)c2[nH]1. The van der Waals surface area contributed by atoms with Crippen LogP contribution >= 0.6 is 0 Å². The molecule has 2 aromatic heterocycles. The van der Waals surface area contributed by atoms with E-state index < -0.39 is 23.4 Å². The summed E-state index contributed by atoms with van der Waals surface area (Å²) in [5.41, 5.74) is 4.69. The highest BCUT2D eigenvalue weighted by Gasteiger charge is 2.17. The van der Waals surface area contributed by atoms with Gasteiger partial charge in [-0.25, -0.2) is 9.78 Å². The van der Waals surface area contributed by atoms with E-state index in [1.807, 2.05) is 0 Å². The Morgan fingerprint density at radius 3 is 2.62 bits per heavy atom. The number of nitrogens with two attached hydrogens (primary N) is 1. The number of H-pyrrole nitrogens is 3. The second-order valence-electron chi connectivity index (χ2n) is 3.52. The lowest BCUT2D eigenvalue weighted by Gasteiger charge is -2.10. The van der Waals surface area contributed by atoms with Gasteiger partial charge in [-0.05, 0) is 6.92 Å². The Balaban J connectivity index is 2.65. The molecule has 2 heterocycles. The Hall–Kier alpha value is -1.93. The van der Waals surface area contributed by atoms with Gasteiger partial charge in [-0.1, -0.05) is 0 Å². The Morgan fingerprint density at radius 2 is 2.00 bits per heavy atom. The van der Waals surface area contributed by atoms with Crippen LogP contribution in [0.15, 0.2) is 9.59 Å². The van der Waals surface area contributed by atoms with Crippen molar-refractivity contribution in [3.63, 3.8) is 0 Å². The minimum absolute atomic E-state index is 0.125. The monoisotopic (exact) mass is 225 g/mol. The number of aromatic nitrogens is 4. The van der Waals surface area contributed by atoms with Crippen molar-refractivity contribution in [1.82, 2.24) is 19.9 Å². The summed E-state index contributed by atoms with van der Waals surface area (Å²) in [7, 11) is 0. The molecule has 0 aromatic carbocycles. The average Bonchev–Trinajstić information content (AvgIpc) is 2.60. The molecule has 2 unspecified atom stereocenters. The zero-order valence-electron chi connectivity index (χ0n) is 8.44. The number of hydrogen-bond acceptors (Lipinski definition) is 5. The molecule has 86 valence electrons. The van der Waals surface area contributed by atoms with Crippen LogP contribution in [-0.4, -0.2) is 31.1 Å². The van der Waals surface area contributed by atoms with Crippen molar-refractivity contribution in [2.24, 2.45) is 5.73 Å². The number of aromatic amines is 3. The minimum Gasteiger partial charge on any atom is -0.391 e. The van der Waals surface area contributed by atoms with Crippen LogP contribution < -0.4 is 17.0 Å². The first-order chi connectivity index (χ1) is 7.49. The van der Waals surface area contributed by atoms with E-state index in [4.69, 9.17) is 5.73 Å². The van der Waals surface area contributed by atoms with E-state index in [0.29, 0.717) is 0 Å². The van der Waals surface area contributed by atoms with Gasteiger partial charge in [-0.3, -0.25) is 14.8 Å². The van der Waals surface area contributed by atoms with Crippen molar-refractivity contribution in [3.8, 4) is 0 Å². The van der Waals surface area contributed by atoms with Crippen molar-refractivity contribution in [2.75, 3.05) is 0 Å². The highest BCUT2D eigenvalue weighted by molar-refractivity contribution is 5.68. The Morgan fingerprint density at radius 1 is 1.31 bits per heavy atom. The molecule has 0 bridgehead atoms. The van der Waals surface area contributed by atoms with E-state index in [1.165, 1.54) is 6.92 Å². The number of hydrogen-bond donors (Lipinski definition) is 5. The quantitative estimate of drug-likeness (QED) is 0.415. The Kier molecular flexibility index (Phi) is 2.37. The molecule has 2 rings (SSSR count). The Bertz CT molecular complexity index is 622. The molecule has 0 saturated carbocycles. The van der Waals surface area contributed by atoms with Crippen LogP contribution in [0.3, 0.4) is 0 Å². The number of nitrogens with one attached hydrogen (secondary N) is 3. The van der Waals surface area contributed by atoms with Gasteiger partial charge in [0.25, 0.3) is 5.56 Å². The summed E-state index contributed by atoms with van der Waals surface area (Å²) in [4.78, 5) is 33.3. The van der Waals surface area contributed by atoms with Crippen molar-refractivity contribution in [3.05, 3.63) is 26.7 Å². The van der Waals surface area contributed by atoms with Crippen LogP contribution in [0.1, 0.15) is 18.8 Å². The topological polar surface area (TPSA) is 141 Å². The molecule has 0 fully saturated rings. The first-order valence-corrected chi connectivity index (χ1v) is 4.65. The van der Waals surface area contributed by atoms with Crippen molar-refractivity contribution in [2.45, 2.75) is 19.1 Å². The molecule has 6 N–H and O–H groups in total. The van der Waals surface area contributed by atoms with Crippen LogP contribution in [0.4, 0.5) is 0 Å². The van der Waals surface area contributed by atoms with E-state index in [-0.39, 0.29) is 17.0 Å². The fourth-order valence-electron chi connectivity index (χ4n) is 1.34. The normalized spacial score (nSPS) is 15.2. The maximum atomic E-state index is 11.4. The van der Waals surface area contributed by atoms with Gasteiger partial charge >= 0.3 is 5.69 Å². The third kappa shape index (κ3) is 1.64. The second kappa shape index (κ2) is 3.58. The number of aliphatic hydroxyl groups is 1. The van der Waals surface area contributed by atoms with Crippen molar-refractivity contribution >= 4 is 11.2 Å². The van der Waals surface area contributed by atoms with E-state index in [1.54, 1.807) is 0 Å². The van der Waals surface area contributed by atoms with Crippen LogP contribution in [0, 0.1) is 0 Å². The molecule has 2 atom stereocenters. The number of fused-ring (bicyclic) bond motifs is 1. The lowest BCUT2D eigenvalue weighted by molar-refractivity contribution is 0.161. The maximum absolute atomic E-state index is 11.4. The highest BCUT2D eigenvalue weighted by atomic mass is 16.3. The van der Waals surface area contributed by atoms with Crippen molar-refractivity contribution < 1.29 is 5.11 Å². The third-order valence-corrected chi connectivity index (χ3v) is 2.24. The number of nitrogens with zero attached hydrogens (tertiary/aromatic N) is 1. The van der Waals surface area contributed by atoms with Crippen LogP contribution in [0.2, 0.25) is 0 Å². The van der Waals surface area contributed by atoms with E-state index in [2.05, 4.69) is 19.9 Å². The standard InChI is InChI=1S/C8H11N5O3/c1-2(14)3(9)5-10-4-6(11-5)12-8(16)13-7(4)15/h2-3,14H,9H2,1H3,(H3,10,11,12,13,15,16). The van der Waals surface area contributed by atoms with Crippen LogP contribution in [0.25, 0.3) is 11.2 Å². The molecule has 0 amide bonds. The molecule has 0 aliphatic rings. The Labute approximate surface area is 88.5 Å². The summed E-state index contributed by atoms with van der Waals surface area (Å²) in [5.74, 6) is 0.248. The zero-order valence-corrected chi connectivity index (χ0v) is 8.44. The summed E-state index contributed by atoms with van der Waals surface area (Å²) >= 11 is 0. The molecular formula is C8H11N5O3. The summed E-state index contributed by atoms with van der Waals surface area (Å²) < 4.78 is 0. The molecule has 0 radical (unpaired) electrons. The van der Waals surface area contributed by atoms with Crippen molar-refractivity contribution in [1.29, 1.82) is 0 Å². The molecule has 0 spiro atoms. The summed E-state index contributed by atoms with van der Waals surface area (Å²) in [6, 6.07) is -0.740. The van der Waals surface area contributed by atoms with Gasteiger partial charge in [0, 0.05) is 0 Å². The molecule has 8 nitrogen and oxygen atoms in total. The predicted molar refractivity (Wildman–Crippen MR) is 55.9 cm³/mol. The number of aliphatic hydroxyl groups excluding tert-OH is 1. The molecule has 0 aliphatic heterocycles. The largest absolute Gasteiger partial charge is 0.391 e. The van der Waals surface area contributed by atoms with Gasteiger partial charge in [0.1, 0.15) is 11.3 Å². The summed E-state index contributed by atoms with van der Waals surface area (Å²) in [5, 5.41) is 9.28. The number of rotatable bonds is 2. The van der Waals surface area contributed by atoms with Gasteiger partial charge in [-0.15, -0.1) is 0 Å². The second-order valence-corrected chi connectivity index (χ2v) is 3.52. The predicted octanol–water partition coefficient (Wildman–Crippen LogP) is -1.68. The van der Waals surface area contributed by atoms with E-state index >= 15 is 0 Å². The highest BCUT2D eigenvalue weighted by Crippen LogP contribution is 2.11. The third-order valence-electron chi connectivity index (χ3n) is 2.24. The van der Waals surface area contributed by atoms with Gasteiger partial charge in [0.2, 0.25) is 0 Å². The van der Waals surface area contributed by atoms with Crippen LogP contribution in [-0.2, 0) is 0 Å². The lowest BCUT2D eigenvalue weighted by atomic mass is 10.2. The molecule has 2 aromatic rings.